The third kappa shape index (κ3) is 10.2. The van der Waals surface area contributed by atoms with Gasteiger partial charge in [-0.1, -0.05) is 51.2 Å². The van der Waals surface area contributed by atoms with Crippen LogP contribution in [-0.4, -0.2) is 35.2 Å². The molecular formula is C44H68O6. The normalized spacial score (nSPS) is 30.8. The van der Waals surface area contributed by atoms with E-state index in [1.54, 1.807) is 0 Å². The molecule has 0 amide bonds. The summed E-state index contributed by atoms with van der Waals surface area (Å²) >= 11 is 0. The van der Waals surface area contributed by atoms with Crippen LogP contribution in [0, 0.1) is 29.1 Å². The van der Waals surface area contributed by atoms with Crippen molar-refractivity contribution in [2.24, 2.45) is 29.1 Å². The summed E-state index contributed by atoms with van der Waals surface area (Å²) in [5.41, 5.74) is 1.13. The molecule has 4 unspecified atom stereocenters. The van der Waals surface area contributed by atoms with Crippen molar-refractivity contribution in [3.63, 3.8) is 0 Å². The third-order valence-electron chi connectivity index (χ3n) is 13.0. The van der Waals surface area contributed by atoms with Gasteiger partial charge >= 0.3 is 17.9 Å². The molecule has 0 spiro atoms. The molecule has 0 radical (unpaired) electrons. The van der Waals surface area contributed by atoms with Gasteiger partial charge in [0.05, 0.1) is 5.41 Å². The molecule has 0 saturated heterocycles. The summed E-state index contributed by atoms with van der Waals surface area (Å²) in [5.74, 6) is 0.534. The molecule has 280 valence electrons. The molecule has 0 aromatic carbocycles. The summed E-state index contributed by atoms with van der Waals surface area (Å²) in [7, 11) is 0. The van der Waals surface area contributed by atoms with E-state index in [1.807, 2.05) is 32.9 Å². The molecule has 0 aromatic heterocycles. The standard InChI is InChI=1S/C44H68O6/c1-9-12-16-25-42(7,8)41(47)50-44(11-3)27-24-37(30-44)32(5)35-19-21-36(22-20-35)33(6)40(46)49-43(10-2)26-23-34(29-43)28-31(4)39(45)48-38-17-14-13-15-18-38/h9,28,34-38H,1,5-6,10-27,29-30H2,2-4,7-8H3/b31-28+. The van der Waals surface area contributed by atoms with E-state index in [1.165, 1.54) is 12.0 Å². The second-order valence-corrected chi connectivity index (χ2v) is 17.0. The van der Waals surface area contributed by atoms with E-state index in [-0.39, 0.29) is 35.8 Å². The van der Waals surface area contributed by atoms with Crippen LogP contribution in [0.5, 0.6) is 0 Å². The SMILES string of the molecule is C=CCCCC(C)(C)C(=O)OC1(CC)CCC(C(=C)C2CCC(C(=C)C(=O)OC3(CC)CCC(/C=C(\C)C(=O)OC4CCCCC4)C3)CC2)C1. The van der Waals surface area contributed by atoms with Gasteiger partial charge in [-0.2, -0.15) is 0 Å². The fourth-order valence-corrected chi connectivity index (χ4v) is 9.20. The highest BCUT2D eigenvalue weighted by atomic mass is 16.6. The highest BCUT2D eigenvalue weighted by Gasteiger charge is 2.46. The molecule has 0 aromatic rings. The predicted octanol–water partition coefficient (Wildman–Crippen LogP) is 11.1. The molecule has 4 aliphatic rings. The van der Waals surface area contributed by atoms with Crippen LogP contribution in [0.2, 0.25) is 0 Å². The van der Waals surface area contributed by atoms with Gasteiger partial charge in [0.1, 0.15) is 17.3 Å². The van der Waals surface area contributed by atoms with Gasteiger partial charge < -0.3 is 14.2 Å². The Morgan fingerprint density at radius 3 is 2.04 bits per heavy atom. The molecular weight excluding hydrogens is 624 g/mol. The summed E-state index contributed by atoms with van der Waals surface area (Å²) in [6, 6.07) is 0. The Labute approximate surface area is 303 Å². The van der Waals surface area contributed by atoms with Crippen molar-refractivity contribution in [1.29, 1.82) is 0 Å². The van der Waals surface area contributed by atoms with Gasteiger partial charge in [0.25, 0.3) is 0 Å². The fourth-order valence-electron chi connectivity index (χ4n) is 9.20. The minimum atomic E-state index is -0.515. The minimum Gasteiger partial charge on any atom is -0.459 e. The maximum Gasteiger partial charge on any atom is 0.334 e. The number of esters is 3. The quantitative estimate of drug-likeness (QED) is 0.0527. The van der Waals surface area contributed by atoms with Gasteiger partial charge in [0, 0.05) is 11.1 Å². The Bertz CT molecular complexity index is 1260. The topological polar surface area (TPSA) is 78.9 Å². The molecule has 4 aliphatic carbocycles. The monoisotopic (exact) mass is 693 g/mol. The van der Waals surface area contributed by atoms with Crippen molar-refractivity contribution in [1.82, 2.24) is 0 Å². The molecule has 0 bridgehead atoms. The van der Waals surface area contributed by atoms with E-state index in [0.29, 0.717) is 23.0 Å². The third-order valence-corrected chi connectivity index (χ3v) is 13.0. The summed E-state index contributed by atoms with van der Waals surface area (Å²) in [5, 5.41) is 0. The molecule has 50 heavy (non-hydrogen) atoms. The van der Waals surface area contributed by atoms with Gasteiger partial charge in [-0.15, -0.1) is 6.58 Å². The second-order valence-electron chi connectivity index (χ2n) is 17.0. The number of ether oxygens (including phenoxy) is 3. The smallest absolute Gasteiger partial charge is 0.334 e. The number of carbonyl (C=O) groups is 3. The summed E-state index contributed by atoms with van der Waals surface area (Å²) in [4.78, 5) is 39.5. The van der Waals surface area contributed by atoms with Crippen molar-refractivity contribution in [2.45, 2.75) is 180 Å². The first-order chi connectivity index (χ1) is 23.8. The van der Waals surface area contributed by atoms with E-state index in [9.17, 15) is 14.4 Å². The molecule has 4 fully saturated rings. The van der Waals surface area contributed by atoms with Gasteiger partial charge in [-0.25, -0.2) is 9.59 Å². The summed E-state index contributed by atoms with van der Waals surface area (Å²) in [6.07, 6.45) is 22.6. The van der Waals surface area contributed by atoms with Crippen LogP contribution < -0.4 is 0 Å². The zero-order valence-electron chi connectivity index (χ0n) is 32.3. The van der Waals surface area contributed by atoms with Crippen LogP contribution in [0.4, 0.5) is 0 Å². The lowest BCUT2D eigenvalue weighted by molar-refractivity contribution is -0.171. The van der Waals surface area contributed by atoms with Crippen molar-refractivity contribution in [3.05, 3.63) is 48.6 Å². The first kappa shape index (κ1) is 40.1. The zero-order chi connectivity index (χ0) is 36.5. The lowest BCUT2D eigenvalue weighted by Crippen LogP contribution is -2.38. The largest absolute Gasteiger partial charge is 0.459 e. The maximum absolute atomic E-state index is 13.5. The molecule has 4 saturated carbocycles. The number of unbranched alkanes of at least 4 members (excludes halogenated alkanes) is 1. The Morgan fingerprint density at radius 1 is 0.780 bits per heavy atom. The Morgan fingerprint density at radius 2 is 1.40 bits per heavy atom. The Kier molecular flexibility index (Phi) is 14.2. The van der Waals surface area contributed by atoms with Crippen LogP contribution in [0.25, 0.3) is 0 Å². The van der Waals surface area contributed by atoms with Crippen LogP contribution >= 0.6 is 0 Å². The fraction of sp³-hybridized carbons (Fsp3) is 0.750. The van der Waals surface area contributed by atoms with Gasteiger partial charge in [0.2, 0.25) is 0 Å². The van der Waals surface area contributed by atoms with Gasteiger partial charge in [-0.3, -0.25) is 4.79 Å². The lowest BCUT2D eigenvalue weighted by atomic mass is 9.73. The molecule has 6 nitrogen and oxygen atoms in total. The number of rotatable bonds is 16. The van der Waals surface area contributed by atoms with Crippen LogP contribution in [0.1, 0.15) is 163 Å². The first-order valence-corrected chi connectivity index (χ1v) is 20.1. The van der Waals surface area contributed by atoms with Crippen molar-refractivity contribution in [2.75, 3.05) is 0 Å². The highest BCUT2D eigenvalue weighted by Crippen LogP contribution is 2.49. The predicted molar refractivity (Wildman–Crippen MR) is 201 cm³/mol. The molecule has 4 rings (SSSR count). The molecule has 6 heteroatoms. The van der Waals surface area contributed by atoms with Crippen molar-refractivity contribution < 1.29 is 28.6 Å². The summed E-state index contributed by atoms with van der Waals surface area (Å²) < 4.78 is 18.4. The van der Waals surface area contributed by atoms with E-state index >= 15 is 0 Å². The second kappa shape index (κ2) is 17.7. The maximum atomic E-state index is 13.5. The molecule has 0 aliphatic heterocycles. The lowest BCUT2D eigenvalue weighted by Gasteiger charge is -2.35. The highest BCUT2D eigenvalue weighted by molar-refractivity contribution is 5.89. The Balaban J connectivity index is 1.24. The van der Waals surface area contributed by atoms with E-state index in [4.69, 9.17) is 14.2 Å². The van der Waals surface area contributed by atoms with Crippen LogP contribution in [-0.2, 0) is 28.6 Å². The van der Waals surface area contributed by atoms with Crippen LogP contribution in [0.15, 0.2) is 48.6 Å². The Hall–Kier alpha value is -2.63. The minimum absolute atomic E-state index is 0.0491. The average molecular weight is 693 g/mol. The summed E-state index contributed by atoms with van der Waals surface area (Å²) in [6.45, 7) is 22.7. The first-order valence-electron chi connectivity index (χ1n) is 20.1. The van der Waals surface area contributed by atoms with Crippen LogP contribution in [0.3, 0.4) is 0 Å². The van der Waals surface area contributed by atoms with E-state index in [2.05, 4.69) is 33.6 Å². The zero-order valence-corrected chi connectivity index (χ0v) is 32.3. The average Bonchev–Trinajstić information content (AvgIpc) is 3.72. The number of allylic oxidation sites excluding steroid dienone is 3. The molecule has 4 atom stereocenters. The molecule has 0 heterocycles. The van der Waals surface area contributed by atoms with Gasteiger partial charge in [-0.05, 0) is 166 Å². The number of carbonyl (C=O) groups excluding carboxylic acids is 3. The van der Waals surface area contributed by atoms with E-state index in [0.717, 1.165) is 122 Å². The number of hydrogen-bond acceptors (Lipinski definition) is 6. The van der Waals surface area contributed by atoms with Crippen molar-refractivity contribution in [3.8, 4) is 0 Å². The van der Waals surface area contributed by atoms with E-state index < -0.39 is 16.6 Å². The molecule has 0 N–H and O–H groups in total. The van der Waals surface area contributed by atoms with Gasteiger partial charge in [0.15, 0.2) is 0 Å². The van der Waals surface area contributed by atoms with Crippen molar-refractivity contribution >= 4 is 17.9 Å². The number of hydrogen-bond donors (Lipinski definition) is 0.